The third-order valence-electron chi connectivity index (χ3n) is 2.22. The fourth-order valence-electron chi connectivity index (χ4n) is 1.43. The molecular weight excluding hydrogens is 296 g/mol. The Hall–Kier alpha value is -0.190. The molecule has 3 nitrogen and oxygen atoms in total. The van der Waals surface area contributed by atoms with Crippen molar-refractivity contribution in [3.63, 3.8) is 0 Å². The summed E-state index contributed by atoms with van der Waals surface area (Å²) in [6.45, 7) is 3.84. The molecule has 0 spiro atoms. The zero-order valence-corrected chi connectivity index (χ0v) is 12.6. The SMILES string of the molecule is COCC(C)NCCOc1c(Cl)cc(Cl)cc1Cl. The third kappa shape index (κ3) is 5.21. The molecule has 0 bridgehead atoms. The summed E-state index contributed by atoms with van der Waals surface area (Å²) >= 11 is 17.8. The summed E-state index contributed by atoms with van der Waals surface area (Å²) in [6, 6.07) is 3.48. The van der Waals surface area contributed by atoms with E-state index < -0.39 is 0 Å². The molecule has 18 heavy (non-hydrogen) atoms. The summed E-state index contributed by atoms with van der Waals surface area (Å²) < 4.78 is 10.5. The molecule has 0 saturated heterocycles. The first-order valence-corrected chi connectivity index (χ1v) is 6.67. The van der Waals surface area contributed by atoms with Gasteiger partial charge in [0.2, 0.25) is 0 Å². The Kier molecular flexibility index (Phi) is 7.12. The molecule has 0 aliphatic rings. The minimum absolute atomic E-state index is 0.273. The monoisotopic (exact) mass is 311 g/mol. The maximum Gasteiger partial charge on any atom is 0.156 e. The molecule has 6 heteroatoms. The molecule has 1 rings (SSSR count). The zero-order chi connectivity index (χ0) is 13.5. The van der Waals surface area contributed by atoms with Crippen molar-refractivity contribution in [1.82, 2.24) is 5.32 Å². The minimum Gasteiger partial charge on any atom is -0.489 e. The van der Waals surface area contributed by atoms with Crippen molar-refractivity contribution >= 4 is 34.8 Å². The number of nitrogens with one attached hydrogen (secondary N) is 1. The first kappa shape index (κ1) is 15.9. The lowest BCUT2D eigenvalue weighted by Gasteiger charge is -2.14. The van der Waals surface area contributed by atoms with Gasteiger partial charge in [0.15, 0.2) is 5.75 Å². The van der Waals surface area contributed by atoms with Crippen molar-refractivity contribution < 1.29 is 9.47 Å². The van der Waals surface area contributed by atoms with Gasteiger partial charge < -0.3 is 14.8 Å². The summed E-state index contributed by atoms with van der Waals surface area (Å²) in [4.78, 5) is 0. The molecule has 0 aliphatic carbocycles. The molecule has 1 aromatic rings. The van der Waals surface area contributed by atoms with Gasteiger partial charge >= 0.3 is 0 Å². The van der Waals surface area contributed by atoms with E-state index in [0.717, 1.165) is 0 Å². The van der Waals surface area contributed by atoms with Gasteiger partial charge in [-0.05, 0) is 19.1 Å². The summed E-state index contributed by atoms with van der Waals surface area (Å²) in [5.74, 6) is 0.462. The highest BCUT2D eigenvalue weighted by molar-refractivity contribution is 6.40. The van der Waals surface area contributed by atoms with Gasteiger partial charge in [0.05, 0.1) is 16.7 Å². The molecule has 0 amide bonds. The van der Waals surface area contributed by atoms with Gasteiger partial charge in [-0.1, -0.05) is 34.8 Å². The first-order chi connectivity index (χ1) is 8.54. The predicted molar refractivity (Wildman–Crippen MR) is 76.3 cm³/mol. The molecule has 0 fully saturated rings. The van der Waals surface area contributed by atoms with Crippen LogP contribution in [0.15, 0.2) is 12.1 Å². The lowest BCUT2D eigenvalue weighted by molar-refractivity contribution is 0.169. The largest absolute Gasteiger partial charge is 0.489 e. The van der Waals surface area contributed by atoms with Crippen LogP contribution in [0.4, 0.5) is 0 Å². The van der Waals surface area contributed by atoms with E-state index in [1.807, 2.05) is 6.92 Å². The first-order valence-electron chi connectivity index (χ1n) is 5.54. The van der Waals surface area contributed by atoms with Gasteiger partial charge in [0.25, 0.3) is 0 Å². The van der Waals surface area contributed by atoms with Crippen LogP contribution in [0, 0.1) is 0 Å². The maximum absolute atomic E-state index is 5.99. The van der Waals surface area contributed by atoms with E-state index in [1.165, 1.54) is 0 Å². The summed E-state index contributed by atoms with van der Waals surface area (Å²) in [6.07, 6.45) is 0. The normalized spacial score (nSPS) is 12.5. The van der Waals surface area contributed by atoms with Crippen molar-refractivity contribution in [1.29, 1.82) is 0 Å². The second kappa shape index (κ2) is 8.08. The fourth-order valence-corrected chi connectivity index (χ4v) is 2.36. The number of methoxy groups -OCH3 is 1. The summed E-state index contributed by atoms with van der Waals surface area (Å²) in [7, 11) is 1.67. The highest BCUT2D eigenvalue weighted by atomic mass is 35.5. The van der Waals surface area contributed by atoms with E-state index in [1.54, 1.807) is 19.2 Å². The van der Waals surface area contributed by atoms with Crippen LogP contribution in [0.5, 0.6) is 5.75 Å². The number of halogens is 3. The molecule has 102 valence electrons. The fraction of sp³-hybridized carbons (Fsp3) is 0.500. The van der Waals surface area contributed by atoms with Gasteiger partial charge in [-0.2, -0.15) is 0 Å². The van der Waals surface area contributed by atoms with Crippen LogP contribution < -0.4 is 10.1 Å². The van der Waals surface area contributed by atoms with E-state index in [9.17, 15) is 0 Å². The smallest absolute Gasteiger partial charge is 0.156 e. The lowest BCUT2D eigenvalue weighted by atomic mass is 10.3. The van der Waals surface area contributed by atoms with Crippen molar-refractivity contribution in [3.05, 3.63) is 27.2 Å². The van der Waals surface area contributed by atoms with Crippen LogP contribution in [0.25, 0.3) is 0 Å². The van der Waals surface area contributed by atoms with Crippen LogP contribution >= 0.6 is 34.8 Å². The van der Waals surface area contributed by atoms with Gasteiger partial charge in [-0.25, -0.2) is 0 Å². The van der Waals surface area contributed by atoms with Crippen molar-refractivity contribution in [3.8, 4) is 5.75 Å². The van der Waals surface area contributed by atoms with Crippen LogP contribution in [-0.4, -0.2) is 32.9 Å². The molecule has 0 aliphatic heterocycles. The highest BCUT2D eigenvalue weighted by Crippen LogP contribution is 2.35. The van der Waals surface area contributed by atoms with Gasteiger partial charge in [0.1, 0.15) is 6.61 Å². The Morgan fingerprint density at radius 3 is 2.39 bits per heavy atom. The van der Waals surface area contributed by atoms with Crippen molar-refractivity contribution in [2.45, 2.75) is 13.0 Å². The average Bonchev–Trinajstić information content (AvgIpc) is 2.27. The van der Waals surface area contributed by atoms with Crippen molar-refractivity contribution in [2.24, 2.45) is 0 Å². The Labute approximate surface area is 122 Å². The number of hydrogen-bond acceptors (Lipinski definition) is 3. The second-order valence-corrected chi connectivity index (χ2v) is 5.11. The Morgan fingerprint density at radius 2 is 1.83 bits per heavy atom. The van der Waals surface area contributed by atoms with E-state index >= 15 is 0 Å². The van der Waals surface area contributed by atoms with E-state index in [-0.39, 0.29) is 6.04 Å². The number of rotatable bonds is 7. The quantitative estimate of drug-likeness (QED) is 0.780. The number of ether oxygens (including phenoxy) is 2. The minimum atomic E-state index is 0.273. The van der Waals surface area contributed by atoms with E-state index in [0.29, 0.717) is 40.6 Å². The van der Waals surface area contributed by atoms with Gasteiger partial charge in [0, 0.05) is 24.7 Å². The maximum atomic E-state index is 5.99. The Morgan fingerprint density at radius 1 is 1.22 bits per heavy atom. The zero-order valence-electron chi connectivity index (χ0n) is 10.3. The molecule has 0 radical (unpaired) electrons. The molecule has 0 heterocycles. The molecule has 1 atom stereocenters. The lowest BCUT2D eigenvalue weighted by Crippen LogP contribution is -2.33. The topological polar surface area (TPSA) is 30.5 Å². The summed E-state index contributed by atoms with van der Waals surface area (Å²) in [5, 5.41) is 4.56. The predicted octanol–water partition coefficient (Wildman–Crippen LogP) is 3.65. The number of benzene rings is 1. The molecule has 0 saturated carbocycles. The van der Waals surface area contributed by atoms with E-state index in [4.69, 9.17) is 44.3 Å². The molecule has 1 aromatic carbocycles. The molecule has 0 aromatic heterocycles. The molecule has 1 N–H and O–H groups in total. The third-order valence-corrected chi connectivity index (χ3v) is 3.00. The Bertz CT molecular complexity index is 365. The highest BCUT2D eigenvalue weighted by Gasteiger charge is 2.09. The van der Waals surface area contributed by atoms with Crippen LogP contribution in [-0.2, 0) is 4.74 Å². The van der Waals surface area contributed by atoms with Gasteiger partial charge in [-0.15, -0.1) is 0 Å². The van der Waals surface area contributed by atoms with Crippen molar-refractivity contribution in [2.75, 3.05) is 26.9 Å². The van der Waals surface area contributed by atoms with E-state index in [2.05, 4.69) is 5.32 Å². The van der Waals surface area contributed by atoms with Crippen LogP contribution in [0.1, 0.15) is 6.92 Å². The standard InChI is InChI=1S/C12H16Cl3NO2/c1-8(7-17-2)16-3-4-18-12-10(14)5-9(13)6-11(12)15/h5-6,8,16H,3-4,7H2,1-2H3. The van der Waals surface area contributed by atoms with Crippen LogP contribution in [0.3, 0.4) is 0 Å². The summed E-state index contributed by atoms with van der Waals surface area (Å²) in [5.41, 5.74) is 0. The number of hydrogen-bond donors (Lipinski definition) is 1. The second-order valence-electron chi connectivity index (χ2n) is 3.86. The Balaban J connectivity index is 2.40. The van der Waals surface area contributed by atoms with Crippen LogP contribution in [0.2, 0.25) is 15.1 Å². The average molecular weight is 313 g/mol. The molecular formula is C12H16Cl3NO2. The van der Waals surface area contributed by atoms with Gasteiger partial charge in [-0.3, -0.25) is 0 Å². The molecule has 1 unspecified atom stereocenters.